The van der Waals surface area contributed by atoms with E-state index in [-0.39, 0.29) is 29.3 Å². The van der Waals surface area contributed by atoms with Gasteiger partial charge in [0, 0.05) is 11.6 Å². The van der Waals surface area contributed by atoms with E-state index in [1.807, 2.05) is 4.90 Å². The van der Waals surface area contributed by atoms with Crippen LogP contribution in [0.3, 0.4) is 0 Å². The second kappa shape index (κ2) is 7.04. The molecule has 2 heterocycles. The van der Waals surface area contributed by atoms with Crippen LogP contribution in [0.15, 0.2) is 24.3 Å². The van der Waals surface area contributed by atoms with Gasteiger partial charge in [-0.1, -0.05) is 12.8 Å². The monoisotopic (exact) mass is 346 g/mol. The van der Waals surface area contributed by atoms with Crippen molar-refractivity contribution in [3.05, 3.63) is 30.1 Å². The van der Waals surface area contributed by atoms with Gasteiger partial charge in [-0.15, -0.1) is 0 Å². The van der Waals surface area contributed by atoms with Gasteiger partial charge in [0.15, 0.2) is 0 Å². The van der Waals surface area contributed by atoms with Crippen molar-refractivity contribution in [2.45, 2.75) is 56.6 Å². The number of rotatable bonds is 3. The Kier molecular flexibility index (Phi) is 4.78. The van der Waals surface area contributed by atoms with Gasteiger partial charge in [0.2, 0.25) is 5.91 Å². The number of carbonyl (C=O) groups excluding carboxylic acids is 1. The number of hydrogen-bond donors (Lipinski definition) is 1. The van der Waals surface area contributed by atoms with Crippen LogP contribution in [0.25, 0.3) is 0 Å². The van der Waals surface area contributed by atoms with Crippen molar-refractivity contribution in [2.75, 3.05) is 24.6 Å². The quantitative estimate of drug-likeness (QED) is 0.913. The van der Waals surface area contributed by atoms with Crippen LogP contribution in [-0.4, -0.2) is 37.2 Å². The average molecular weight is 346 g/mol. The van der Waals surface area contributed by atoms with Crippen molar-refractivity contribution >= 4 is 11.6 Å². The number of piperidine rings is 1. The zero-order chi connectivity index (χ0) is 17.3. The molecular weight excluding hydrogens is 319 g/mol. The fourth-order valence-electron chi connectivity index (χ4n) is 4.71. The van der Waals surface area contributed by atoms with Crippen molar-refractivity contribution in [3.8, 4) is 0 Å². The molecule has 1 N–H and O–H groups in total. The number of carbonyl (C=O) groups is 1. The molecule has 5 heteroatoms. The Labute approximate surface area is 148 Å². The second-order valence-corrected chi connectivity index (χ2v) is 7.77. The highest BCUT2D eigenvalue weighted by Gasteiger charge is 2.45. The number of benzene rings is 1. The molecule has 4 rings (SSSR count). The summed E-state index contributed by atoms with van der Waals surface area (Å²) in [6, 6.07) is 6.41. The van der Waals surface area contributed by atoms with Crippen molar-refractivity contribution in [1.82, 2.24) is 5.32 Å². The zero-order valence-electron chi connectivity index (χ0n) is 14.7. The van der Waals surface area contributed by atoms with Crippen molar-refractivity contribution in [1.29, 1.82) is 0 Å². The van der Waals surface area contributed by atoms with Crippen LogP contribution in [0.4, 0.5) is 10.1 Å². The number of nitrogens with zero attached hydrogens (tertiary/aromatic N) is 1. The predicted molar refractivity (Wildman–Crippen MR) is 95.0 cm³/mol. The zero-order valence-corrected chi connectivity index (χ0v) is 14.7. The molecule has 0 radical (unpaired) electrons. The van der Waals surface area contributed by atoms with E-state index < -0.39 is 0 Å². The molecule has 1 aromatic rings. The molecule has 0 bridgehead atoms. The molecule has 1 aliphatic carbocycles. The average Bonchev–Trinajstić information content (AvgIpc) is 3.29. The standard InChI is InChI=1S/C20H27FN2O2/c21-16-5-7-17(8-6-16)23(19(24)15-3-1-2-4-15)18-13-20(25-14-18)9-11-22-12-10-20/h5-8,15,18,22H,1-4,9-14H2/t18-/m0/s1. The molecule has 1 aromatic carbocycles. The minimum absolute atomic E-state index is 0.0525. The summed E-state index contributed by atoms with van der Waals surface area (Å²) in [7, 11) is 0. The SMILES string of the molecule is O=C(C1CCCC1)N(c1ccc(F)cc1)[C@@H]1COC2(CCNCC2)C1. The Morgan fingerprint density at radius 3 is 2.52 bits per heavy atom. The van der Waals surface area contributed by atoms with Crippen molar-refractivity contribution in [2.24, 2.45) is 5.92 Å². The van der Waals surface area contributed by atoms with Crippen LogP contribution in [-0.2, 0) is 9.53 Å². The number of amides is 1. The van der Waals surface area contributed by atoms with E-state index in [1.165, 1.54) is 12.1 Å². The van der Waals surface area contributed by atoms with Crippen molar-refractivity contribution < 1.29 is 13.9 Å². The molecule has 3 fully saturated rings. The first-order chi connectivity index (χ1) is 12.2. The number of hydrogen-bond acceptors (Lipinski definition) is 3. The Morgan fingerprint density at radius 2 is 1.84 bits per heavy atom. The Balaban J connectivity index is 1.58. The summed E-state index contributed by atoms with van der Waals surface area (Å²) >= 11 is 0. The summed E-state index contributed by atoms with van der Waals surface area (Å²) in [5.41, 5.74) is 0.710. The van der Waals surface area contributed by atoms with Gasteiger partial charge in [0.05, 0.1) is 18.2 Å². The molecular formula is C20H27FN2O2. The van der Waals surface area contributed by atoms with E-state index >= 15 is 0 Å². The van der Waals surface area contributed by atoms with Crippen LogP contribution >= 0.6 is 0 Å². The third kappa shape index (κ3) is 3.44. The molecule has 0 unspecified atom stereocenters. The van der Waals surface area contributed by atoms with Crippen LogP contribution in [0.5, 0.6) is 0 Å². The smallest absolute Gasteiger partial charge is 0.230 e. The van der Waals surface area contributed by atoms with Gasteiger partial charge in [-0.3, -0.25) is 4.79 Å². The minimum Gasteiger partial charge on any atom is -0.373 e. The number of anilines is 1. The van der Waals surface area contributed by atoms with Gasteiger partial charge in [-0.2, -0.15) is 0 Å². The van der Waals surface area contributed by atoms with Crippen LogP contribution < -0.4 is 10.2 Å². The third-order valence-corrected chi connectivity index (χ3v) is 6.12. The van der Waals surface area contributed by atoms with Gasteiger partial charge in [-0.05, 0) is 69.5 Å². The Bertz CT molecular complexity index is 607. The molecule has 0 aromatic heterocycles. The summed E-state index contributed by atoms with van der Waals surface area (Å²) in [4.78, 5) is 15.2. The summed E-state index contributed by atoms with van der Waals surface area (Å²) in [6.07, 6.45) is 7.08. The van der Waals surface area contributed by atoms with Gasteiger partial charge < -0.3 is 15.0 Å². The molecule has 136 valence electrons. The highest BCUT2D eigenvalue weighted by Crippen LogP contribution is 2.39. The molecule has 2 aliphatic heterocycles. The van der Waals surface area contributed by atoms with E-state index in [9.17, 15) is 9.18 Å². The highest BCUT2D eigenvalue weighted by atomic mass is 19.1. The first-order valence-corrected chi connectivity index (χ1v) is 9.60. The first kappa shape index (κ1) is 17.0. The summed E-state index contributed by atoms with van der Waals surface area (Å²) in [5.74, 6) is 0.0350. The maximum absolute atomic E-state index is 13.4. The topological polar surface area (TPSA) is 41.6 Å². The lowest BCUT2D eigenvalue weighted by Gasteiger charge is -2.35. The lowest BCUT2D eigenvalue weighted by molar-refractivity contribution is -0.122. The third-order valence-electron chi connectivity index (χ3n) is 6.12. The van der Waals surface area contributed by atoms with E-state index in [1.54, 1.807) is 12.1 Å². The highest BCUT2D eigenvalue weighted by molar-refractivity contribution is 5.95. The molecule has 3 aliphatic rings. The van der Waals surface area contributed by atoms with Gasteiger partial charge >= 0.3 is 0 Å². The normalized spacial score (nSPS) is 26.2. The van der Waals surface area contributed by atoms with Gasteiger partial charge in [0.25, 0.3) is 0 Å². The van der Waals surface area contributed by atoms with Crippen LogP contribution in [0.2, 0.25) is 0 Å². The van der Waals surface area contributed by atoms with E-state index in [4.69, 9.17) is 4.74 Å². The Hall–Kier alpha value is -1.46. The second-order valence-electron chi connectivity index (χ2n) is 7.77. The molecule has 1 saturated carbocycles. The molecule has 25 heavy (non-hydrogen) atoms. The Morgan fingerprint density at radius 1 is 1.16 bits per heavy atom. The number of nitrogens with one attached hydrogen (secondary N) is 1. The largest absolute Gasteiger partial charge is 0.373 e. The fraction of sp³-hybridized carbons (Fsp3) is 0.650. The van der Waals surface area contributed by atoms with E-state index in [2.05, 4.69) is 5.32 Å². The van der Waals surface area contributed by atoms with Crippen LogP contribution in [0, 0.1) is 11.7 Å². The van der Waals surface area contributed by atoms with Crippen molar-refractivity contribution in [3.63, 3.8) is 0 Å². The fourth-order valence-corrected chi connectivity index (χ4v) is 4.71. The van der Waals surface area contributed by atoms with E-state index in [0.29, 0.717) is 6.61 Å². The van der Waals surface area contributed by atoms with Gasteiger partial charge in [-0.25, -0.2) is 4.39 Å². The molecule has 4 nitrogen and oxygen atoms in total. The first-order valence-electron chi connectivity index (χ1n) is 9.60. The lowest BCUT2D eigenvalue weighted by Crippen LogP contribution is -2.46. The lowest BCUT2D eigenvalue weighted by atomic mass is 9.87. The summed E-state index contributed by atoms with van der Waals surface area (Å²) in [5, 5.41) is 3.38. The van der Waals surface area contributed by atoms with Crippen LogP contribution in [0.1, 0.15) is 44.9 Å². The minimum atomic E-state index is -0.269. The molecule has 1 amide bonds. The van der Waals surface area contributed by atoms with Gasteiger partial charge in [0.1, 0.15) is 5.82 Å². The maximum Gasteiger partial charge on any atom is 0.230 e. The summed E-state index contributed by atoms with van der Waals surface area (Å²) < 4.78 is 19.6. The molecule has 1 spiro atoms. The molecule has 1 atom stereocenters. The summed E-state index contributed by atoms with van der Waals surface area (Å²) in [6.45, 7) is 2.52. The molecule has 2 saturated heterocycles. The predicted octanol–water partition coefficient (Wildman–Crippen LogP) is 3.26. The number of halogens is 1. The van der Waals surface area contributed by atoms with E-state index in [0.717, 1.165) is 63.7 Å². The maximum atomic E-state index is 13.4. The number of ether oxygens (including phenoxy) is 1.